The lowest BCUT2D eigenvalue weighted by atomic mass is 10.2. The summed E-state index contributed by atoms with van der Waals surface area (Å²) in [6.07, 6.45) is 1.05. The van der Waals surface area contributed by atoms with Crippen LogP contribution in [-0.4, -0.2) is 13.6 Å². The van der Waals surface area contributed by atoms with E-state index in [0.717, 1.165) is 18.7 Å². The molecule has 0 amide bonds. The predicted octanol–water partition coefficient (Wildman–Crippen LogP) is 3.72. The molecular formula is C17H21NO. The van der Waals surface area contributed by atoms with Gasteiger partial charge in [0, 0.05) is 6.42 Å². The Morgan fingerprint density at radius 2 is 1.68 bits per heavy atom. The molecule has 19 heavy (non-hydrogen) atoms. The summed E-state index contributed by atoms with van der Waals surface area (Å²) >= 11 is 0. The van der Waals surface area contributed by atoms with Gasteiger partial charge in [-0.25, -0.2) is 0 Å². The largest absolute Gasteiger partial charge is 0.485 e. The Morgan fingerprint density at radius 3 is 2.37 bits per heavy atom. The second kappa shape index (κ2) is 6.95. The second-order valence-electron chi connectivity index (χ2n) is 4.67. The van der Waals surface area contributed by atoms with Crippen LogP contribution in [0, 0.1) is 6.92 Å². The van der Waals surface area contributed by atoms with Crippen LogP contribution < -0.4 is 10.1 Å². The molecule has 0 aromatic heterocycles. The van der Waals surface area contributed by atoms with E-state index >= 15 is 0 Å². The minimum Gasteiger partial charge on any atom is -0.485 e. The van der Waals surface area contributed by atoms with Gasteiger partial charge in [0.1, 0.15) is 11.9 Å². The van der Waals surface area contributed by atoms with Crippen molar-refractivity contribution >= 4 is 0 Å². The van der Waals surface area contributed by atoms with E-state index in [0.29, 0.717) is 0 Å². The quantitative estimate of drug-likeness (QED) is 0.851. The molecule has 1 N–H and O–H groups in total. The van der Waals surface area contributed by atoms with E-state index < -0.39 is 0 Å². The smallest absolute Gasteiger partial charge is 0.125 e. The highest BCUT2D eigenvalue weighted by molar-refractivity contribution is 5.33. The van der Waals surface area contributed by atoms with E-state index in [2.05, 4.69) is 42.6 Å². The zero-order chi connectivity index (χ0) is 13.5. The minimum atomic E-state index is 0.0924. The maximum Gasteiger partial charge on any atom is 0.125 e. The van der Waals surface area contributed by atoms with Crippen molar-refractivity contribution in [2.45, 2.75) is 19.4 Å². The molecule has 2 aromatic carbocycles. The highest BCUT2D eigenvalue weighted by Crippen LogP contribution is 2.26. The molecule has 0 radical (unpaired) electrons. The van der Waals surface area contributed by atoms with Crippen molar-refractivity contribution in [2.24, 2.45) is 0 Å². The van der Waals surface area contributed by atoms with E-state index in [-0.39, 0.29) is 6.10 Å². The van der Waals surface area contributed by atoms with Crippen molar-refractivity contribution in [3.05, 3.63) is 65.7 Å². The molecule has 0 fully saturated rings. The second-order valence-corrected chi connectivity index (χ2v) is 4.67. The Kier molecular flexibility index (Phi) is 4.99. The summed E-state index contributed by atoms with van der Waals surface area (Å²) in [5.74, 6) is 0.965. The first kappa shape index (κ1) is 13.6. The van der Waals surface area contributed by atoms with E-state index in [1.54, 1.807) is 0 Å². The van der Waals surface area contributed by atoms with Gasteiger partial charge in [0.25, 0.3) is 0 Å². The van der Waals surface area contributed by atoms with Gasteiger partial charge in [0.15, 0.2) is 0 Å². The van der Waals surface area contributed by atoms with Crippen molar-refractivity contribution in [3.8, 4) is 5.75 Å². The fourth-order valence-electron chi connectivity index (χ4n) is 2.08. The number of benzene rings is 2. The number of ether oxygens (including phenoxy) is 1. The maximum absolute atomic E-state index is 6.19. The molecule has 100 valence electrons. The fraction of sp³-hybridized carbons (Fsp3) is 0.294. The van der Waals surface area contributed by atoms with Crippen LogP contribution in [0.2, 0.25) is 0 Å². The van der Waals surface area contributed by atoms with Crippen molar-refractivity contribution < 1.29 is 4.74 Å². The van der Waals surface area contributed by atoms with Crippen LogP contribution >= 0.6 is 0 Å². The average molecular weight is 257 g/mol. The van der Waals surface area contributed by atoms with Crippen LogP contribution in [0.3, 0.4) is 0 Å². The number of hydrogen-bond acceptors (Lipinski definition) is 2. The van der Waals surface area contributed by atoms with Crippen LogP contribution in [0.1, 0.15) is 23.7 Å². The summed E-state index contributed by atoms with van der Waals surface area (Å²) in [7, 11) is 1.97. The molecule has 1 atom stereocenters. The lowest BCUT2D eigenvalue weighted by molar-refractivity contribution is 0.193. The van der Waals surface area contributed by atoms with Crippen molar-refractivity contribution in [1.29, 1.82) is 0 Å². The Balaban J connectivity index is 2.17. The first-order chi connectivity index (χ1) is 9.31. The molecule has 0 saturated carbocycles. The van der Waals surface area contributed by atoms with Crippen LogP contribution in [0.5, 0.6) is 5.75 Å². The summed E-state index contributed by atoms with van der Waals surface area (Å²) in [4.78, 5) is 0. The molecule has 0 saturated heterocycles. The minimum absolute atomic E-state index is 0.0924. The molecule has 2 aromatic rings. The summed E-state index contributed by atoms with van der Waals surface area (Å²) in [6, 6.07) is 18.6. The van der Waals surface area contributed by atoms with Gasteiger partial charge < -0.3 is 10.1 Å². The Bertz CT molecular complexity index is 496. The molecule has 0 bridgehead atoms. The molecule has 0 heterocycles. The van der Waals surface area contributed by atoms with Crippen molar-refractivity contribution in [2.75, 3.05) is 13.6 Å². The number of rotatable bonds is 6. The van der Waals surface area contributed by atoms with Crippen LogP contribution in [0.25, 0.3) is 0 Å². The third-order valence-electron chi connectivity index (χ3n) is 3.19. The first-order valence-corrected chi connectivity index (χ1v) is 6.73. The van der Waals surface area contributed by atoms with Gasteiger partial charge in [0.05, 0.1) is 0 Å². The standard InChI is InChI=1S/C17H21NO/c1-14-8-6-7-11-16(14)19-17(12-13-18-2)15-9-4-3-5-10-15/h3-11,17-18H,12-13H2,1-2H3/t17-/m1/s1/i17+2. The van der Waals surface area contributed by atoms with Gasteiger partial charge in [-0.1, -0.05) is 48.5 Å². The van der Waals surface area contributed by atoms with Crippen molar-refractivity contribution in [1.82, 2.24) is 5.32 Å². The van der Waals surface area contributed by atoms with Gasteiger partial charge in [-0.15, -0.1) is 0 Å². The van der Waals surface area contributed by atoms with E-state index in [4.69, 9.17) is 4.74 Å². The van der Waals surface area contributed by atoms with Crippen molar-refractivity contribution in [3.63, 3.8) is 0 Å². The number of nitrogens with one attached hydrogen (secondary N) is 1. The Hall–Kier alpha value is -1.80. The van der Waals surface area contributed by atoms with E-state index in [9.17, 15) is 0 Å². The monoisotopic (exact) mass is 257 g/mol. The number of hydrogen-bond donors (Lipinski definition) is 1. The fourth-order valence-corrected chi connectivity index (χ4v) is 2.08. The van der Waals surface area contributed by atoms with Gasteiger partial charge in [-0.2, -0.15) is 0 Å². The molecule has 0 aliphatic rings. The Labute approximate surface area is 115 Å². The first-order valence-electron chi connectivity index (χ1n) is 6.73. The summed E-state index contributed by atoms with van der Waals surface area (Å²) in [5, 5.41) is 3.19. The van der Waals surface area contributed by atoms with E-state index in [1.165, 1.54) is 11.1 Å². The van der Waals surface area contributed by atoms with Gasteiger partial charge in [-0.05, 0) is 37.7 Å². The van der Waals surface area contributed by atoms with Crippen LogP contribution in [-0.2, 0) is 0 Å². The SMILES string of the molecule is CNCC[14C@@H](Oc1ccccc1C)c1ccccc1. The Morgan fingerprint density at radius 1 is 1.00 bits per heavy atom. The average Bonchev–Trinajstić information content (AvgIpc) is 2.46. The molecule has 0 spiro atoms. The predicted molar refractivity (Wildman–Crippen MR) is 79.5 cm³/mol. The van der Waals surface area contributed by atoms with E-state index in [1.807, 2.05) is 31.3 Å². The number of para-hydroxylation sites is 1. The highest BCUT2D eigenvalue weighted by atomic mass is 16.7. The summed E-state index contributed by atoms with van der Waals surface area (Å²) in [6.45, 7) is 3.01. The molecular weight excluding hydrogens is 236 g/mol. The number of aryl methyl sites for hydroxylation is 1. The van der Waals surface area contributed by atoms with Gasteiger partial charge >= 0.3 is 0 Å². The molecule has 0 unspecified atom stereocenters. The summed E-state index contributed by atoms with van der Waals surface area (Å²) < 4.78 is 6.19. The zero-order valence-electron chi connectivity index (χ0n) is 11.6. The van der Waals surface area contributed by atoms with Gasteiger partial charge in [-0.3, -0.25) is 0 Å². The summed E-state index contributed by atoms with van der Waals surface area (Å²) in [5.41, 5.74) is 2.40. The normalized spacial score (nSPS) is 12.1. The molecule has 0 aliphatic carbocycles. The molecule has 2 rings (SSSR count). The van der Waals surface area contributed by atoms with Crippen LogP contribution in [0.15, 0.2) is 54.6 Å². The molecule has 2 nitrogen and oxygen atoms in total. The lowest BCUT2D eigenvalue weighted by Gasteiger charge is -2.20. The third-order valence-corrected chi connectivity index (χ3v) is 3.19. The zero-order valence-corrected chi connectivity index (χ0v) is 11.6. The third kappa shape index (κ3) is 3.83. The van der Waals surface area contributed by atoms with Crippen LogP contribution in [0.4, 0.5) is 0 Å². The lowest BCUT2D eigenvalue weighted by Crippen LogP contribution is -2.16. The maximum atomic E-state index is 6.19. The molecule has 2 heteroatoms. The topological polar surface area (TPSA) is 21.3 Å². The highest BCUT2D eigenvalue weighted by Gasteiger charge is 2.13. The molecule has 0 aliphatic heterocycles. The van der Waals surface area contributed by atoms with Gasteiger partial charge in [0.2, 0.25) is 0 Å².